The maximum Gasteiger partial charge on any atom is 0.326 e. The van der Waals surface area contributed by atoms with Crippen molar-refractivity contribution in [3.8, 4) is 0 Å². The molecule has 0 aromatic heterocycles. The van der Waals surface area contributed by atoms with Gasteiger partial charge in [-0.05, 0) is 42.9 Å². The van der Waals surface area contributed by atoms with Crippen LogP contribution in [0.15, 0.2) is 0 Å². The number of rotatable bonds is 7. The van der Waals surface area contributed by atoms with Gasteiger partial charge in [0.2, 0.25) is 0 Å². The number of hydrogen-bond acceptors (Lipinski definition) is 7. The van der Waals surface area contributed by atoms with Crippen molar-refractivity contribution in [2.24, 2.45) is 17.3 Å². The average molecular weight is 500 g/mol. The fourth-order valence-electron chi connectivity index (χ4n) is 5.92. The van der Waals surface area contributed by atoms with Crippen LogP contribution in [0, 0.1) is 17.3 Å². The third-order valence-corrected chi connectivity index (χ3v) is 8.55. The van der Waals surface area contributed by atoms with Gasteiger partial charge in [0.05, 0.1) is 11.5 Å². The molecule has 0 aromatic carbocycles. The minimum Gasteiger partial charge on any atom is -0.454 e. The van der Waals surface area contributed by atoms with Crippen molar-refractivity contribution in [1.29, 1.82) is 0 Å². The van der Waals surface area contributed by atoms with Crippen LogP contribution in [-0.2, 0) is 29.0 Å². The zero-order valence-electron chi connectivity index (χ0n) is 20.8. The Morgan fingerprint density at radius 2 is 1.91 bits per heavy atom. The van der Waals surface area contributed by atoms with Gasteiger partial charge < -0.3 is 15.0 Å². The second-order valence-electron chi connectivity index (χ2n) is 11.4. The highest BCUT2D eigenvalue weighted by Gasteiger charge is 2.56. The summed E-state index contributed by atoms with van der Waals surface area (Å²) in [6.45, 7) is 9.20. The molecule has 0 aromatic rings. The predicted octanol–water partition coefficient (Wildman–Crippen LogP) is 1.34. The van der Waals surface area contributed by atoms with E-state index in [-0.39, 0.29) is 28.8 Å². The van der Waals surface area contributed by atoms with E-state index in [1.54, 1.807) is 0 Å². The maximum atomic E-state index is 13.2. The molecule has 0 bridgehead atoms. The van der Waals surface area contributed by atoms with Gasteiger partial charge in [0, 0.05) is 12.6 Å². The Bertz CT molecular complexity index is 962. The lowest BCUT2D eigenvalue weighted by molar-refractivity contribution is -0.155. The summed E-state index contributed by atoms with van der Waals surface area (Å²) in [7, 11) is -3.19. The van der Waals surface area contributed by atoms with Crippen LogP contribution in [0.3, 0.4) is 0 Å². The predicted molar refractivity (Wildman–Crippen MR) is 124 cm³/mol. The first-order chi connectivity index (χ1) is 15.6. The number of sulfone groups is 1. The number of imide groups is 1. The fourth-order valence-corrected chi connectivity index (χ4v) is 7.65. The van der Waals surface area contributed by atoms with Gasteiger partial charge in [0.25, 0.3) is 11.8 Å². The maximum absolute atomic E-state index is 13.2. The Morgan fingerprint density at radius 1 is 1.24 bits per heavy atom. The van der Waals surface area contributed by atoms with Crippen molar-refractivity contribution in [2.75, 3.05) is 31.2 Å². The van der Waals surface area contributed by atoms with Gasteiger partial charge in [-0.3, -0.25) is 19.3 Å². The van der Waals surface area contributed by atoms with Crippen molar-refractivity contribution in [2.45, 2.75) is 71.9 Å². The Labute approximate surface area is 201 Å². The van der Waals surface area contributed by atoms with Crippen molar-refractivity contribution in [3.05, 3.63) is 0 Å². The Hall–Kier alpha value is -2.17. The molecule has 10 nitrogen and oxygen atoms in total. The number of ether oxygens (including phenoxy) is 1. The largest absolute Gasteiger partial charge is 0.454 e. The van der Waals surface area contributed by atoms with Gasteiger partial charge in [-0.2, -0.15) is 0 Å². The van der Waals surface area contributed by atoms with Crippen molar-refractivity contribution < 1.29 is 32.3 Å². The third kappa shape index (κ3) is 5.90. The molecule has 3 aliphatic rings. The van der Waals surface area contributed by atoms with E-state index >= 15 is 0 Å². The van der Waals surface area contributed by atoms with E-state index in [4.69, 9.17) is 4.74 Å². The highest BCUT2D eigenvalue weighted by molar-refractivity contribution is 7.91. The quantitative estimate of drug-likeness (QED) is 0.413. The number of carbonyl (C=O) groups excluding carboxylic acids is 4. The normalized spacial score (nSPS) is 30.0. The molecule has 11 heteroatoms. The average Bonchev–Trinajstić information content (AvgIpc) is 3.14. The number of urea groups is 1. The van der Waals surface area contributed by atoms with Crippen LogP contribution in [0.2, 0.25) is 0 Å². The van der Waals surface area contributed by atoms with Crippen LogP contribution >= 0.6 is 0 Å². The van der Waals surface area contributed by atoms with Gasteiger partial charge >= 0.3 is 12.0 Å². The Kier molecular flexibility index (Phi) is 7.36. The topological polar surface area (TPSA) is 130 Å². The van der Waals surface area contributed by atoms with E-state index in [1.807, 2.05) is 20.8 Å². The summed E-state index contributed by atoms with van der Waals surface area (Å²) in [4.78, 5) is 53.3. The van der Waals surface area contributed by atoms with Crippen LogP contribution in [0.5, 0.6) is 0 Å². The molecule has 3 unspecified atom stereocenters. The fraction of sp³-hybridized carbons (Fsp3) is 0.826. The number of hydrogen-bond donors (Lipinski definition) is 1. The lowest BCUT2D eigenvalue weighted by Crippen LogP contribution is -2.54. The van der Waals surface area contributed by atoms with Gasteiger partial charge in [-0.25, -0.2) is 13.2 Å². The van der Waals surface area contributed by atoms with E-state index in [0.29, 0.717) is 25.8 Å². The zero-order chi connectivity index (χ0) is 25.5. The zero-order valence-corrected chi connectivity index (χ0v) is 21.6. The molecule has 0 radical (unpaired) electrons. The molecular weight excluding hydrogens is 462 g/mol. The number of nitrogens with zero attached hydrogens (tertiary/aromatic N) is 2. The highest BCUT2D eigenvalue weighted by Crippen LogP contribution is 2.46. The molecule has 2 heterocycles. The number of amides is 4. The standard InChI is InChI=1S/C23H37N3O7S/c1-15(2)10-25(17-6-7-34(31,32)13-17)18(27)12-33-19(28)11-26-20(29)23(24-21(26)30)9-16(3)8-22(4,5)14-23/h15-17H,6-14H2,1-5H3,(H,24,30). The third-order valence-electron chi connectivity index (χ3n) is 6.80. The molecule has 3 rings (SSSR count). The number of nitrogens with one attached hydrogen (secondary N) is 1. The van der Waals surface area contributed by atoms with Crippen LogP contribution < -0.4 is 5.32 Å². The van der Waals surface area contributed by atoms with E-state index in [0.717, 1.165) is 11.3 Å². The molecule has 1 N–H and O–H groups in total. The molecule has 1 spiro atoms. The summed E-state index contributed by atoms with van der Waals surface area (Å²) in [6.07, 6.45) is 2.30. The second-order valence-corrected chi connectivity index (χ2v) is 13.6. The SMILES string of the molecule is CC(C)CN(C(=O)COC(=O)CN1C(=O)NC2(CC(C)CC(C)(C)C2)C1=O)C1CCS(=O)(=O)C1. The Balaban J connectivity index is 1.60. The molecule has 2 saturated heterocycles. The monoisotopic (exact) mass is 499 g/mol. The minimum atomic E-state index is -3.19. The van der Waals surface area contributed by atoms with E-state index < -0.39 is 58.4 Å². The first-order valence-corrected chi connectivity index (χ1v) is 13.7. The summed E-state index contributed by atoms with van der Waals surface area (Å²) >= 11 is 0. The van der Waals surface area contributed by atoms with Crippen LogP contribution in [0.25, 0.3) is 0 Å². The second kappa shape index (κ2) is 9.47. The van der Waals surface area contributed by atoms with Gasteiger partial charge in [0.1, 0.15) is 12.1 Å². The van der Waals surface area contributed by atoms with E-state index in [2.05, 4.69) is 19.2 Å². The smallest absolute Gasteiger partial charge is 0.326 e. The first-order valence-electron chi connectivity index (χ1n) is 11.9. The van der Waals surface area contributed by atoms with E-state index in [1.165, 1.54) is 4.90 Å². The minimum absolute atomic E-state index is 0.0304. The molecular formula is C23H37N3O7S. The van der Waals surface area contributed by atoms with Gasteiger partial charge in [-0.15, -0.1) is 0 Å². The molecule has 1 saturated carbocycles. The molecule has 192 valence electrons. The molecule has 1 aliphatic carbocycles. The summed E-state index contributed by atoms with van der Waals surface area (Å²) in [6, 6.07) is -1.07. The molecule has 2 aliphatic heterocycles. The molecule has 3 atom stereocenters. The molecule has 34 heavy (non-hydrogen) atoms. The summed E-state index contributed by atoms with van der Waals surface area (Å²) in [5.41, 5.74) is -1.15. The summed E-state index contributed by atoms with van der Waals surface area (Å²) in [5, 5.41) is 2.81. The Morgan fingerprint density at radius 3 is 2.47 bits per heavy atom. The van der Waals surface area contributed by atoms with Gasteiger partial charge in [-0.1, -0.05) is 34.6 Å². The van der Waals surface area contributed by atoms with E-state index in [9.17, 15) is 27.6 Å². The lowest BCUT2D eigenvalue weighted by Gasteiger charge is -2.43. The van der Waals surface area contributed by atoms with Crippen molar-refractivity contribution in [3.63, 3.8) is 0 Å². The van der Waals surface area contributed by atoms with Crippen LogP contribution in [0.1, 0.15) is 60.3 Å². The lowest BCUT2D eigenvalue weighted by atomic mass is 9.64. The van der Waals surface area contributed by atoms with Crippen LogP contribution in [0.4, 0.5) is 4.79 Å². The van der Waals surface area contributed by atoms with Crippen molar-refractivity contribution >= 4 is 33.7 Å². The highest BCUT2D eigenvalue weighted by atomic mass is 32.2. The first kappa shape index (κ1) is 26.4. The molecule has 4 amide bonds. The summed E-state index contributed by atoms with van der Waals surface area (Å²) in [5.74, 6) is -1.50. The van der Waals surface area contributed by atoms with Crippen molar-refractivity contribution in [1.82, 2.24) is 15.1 Å². The molecule has 3 fully saturated rings. The number of carbonyl (C=O) groups is 4. The van der Waals surface area contributed by atoms with Crippen LogP contribution in [-0.4, -0.2) is 84.8 Å². The summed E-state index contributed by atoms with van der Waals surface area (Å²) < 4.78 is 28.8. The van der Waals surface area contributed by atoms with Gasteiger partial charge in [0.15, 0.2) is 16.4 Å². The number of esters is 1.